The van der Waals surface area contributed by atoms with Crippen LogP contribution in [-0.4, -0.2) is 82.3 Å². The van der Waals surface area contributed by atoms with Crippen LogP contribution in [0, 0.1) is 0 Å². The normalized spacial score (nSPS) is 13.4. The first-order chi connectivity index (χ1) is 41.6. The lowest BCUT2D eigenvalue weighted by Crippen LogP contribution is -2.44. The number of rotatable bonds is 64. The Bertz CT molecular complexity index is 1760. The number of ether oxygens (including phenoxy) is 4. The molecule has 9 nitrogen and oxygen atoms in total. The van der Waals surface area contributed by atoms with Gasteiger partial charge < -0.3 is 33.3 Å². The van der Waals surface area contributed by atoms with E-state index < -0.39 is 24.3 Å². The van der Waals surface area contributed by atoms with E-state index in [2.05, 4.69) is 123 Å². The molecule has 85 heavy (non-hydrogen) atoms. The molecule has 2 atom stereocenters. The lowest BCUT2D eigenvalue weighted by atomic mass is 10.0. The predicted molar refractivity (Wildman–Crippen MR) is 361 cm³/mol. The number of carbonyl (C=O) groups excluding carboxylic acids is 3. The molecule has 488 valence electrons. The minimum Gasteiger partial charge on any atom is -0.545 e. The number of carboxylic acid groups (broad SMARTS) is 1. The summed E-state index contributed by atoms with van der Waals surface area (Å²) in [4.78, 5) is 37.4. The van der Waals surface area contributed by atoms with Crippen LogP contribution in [0.5, 0.6) is 0 Å². The molecule has 0 aromatic rings. The summed E-state index contributed by atoms with van der Waals surface area (Å²) in [5, 5.41) is 11.8. The quantitative estimate of drug-likeness (QED) is 0.0195. The van der Waals surface area contributed by atoms with E-state index in [9.17, 15) is 19.5 Å². The lowest BCUT2D eigenvalue weighted by molar-refractivity contribution is -0.870. The highest BCUT2D eigenvalue weighted by atomic mass is 16.7. The molecule has 2 unspecified atom stereocenters. The molecule has 0 aromatic carbocycles. The third-order valence-electron chi connectivity index (χ3n) is 15.0. The Hall–Kier alpha value is -4.05. The van der Waals surface area contributed by atoms with Gasteiger partial charge in [-0.3, -0.25) is 9.59 Å². The van der Waals surface area contributed by atoms with Crippen molar-refractivity contribution >= 4 is 17.9 Å². The number of quaternary nitrogens is 1. The van der Waals surface area contributed by atoms with Crippen molar-refractivity contribution in [1.29, 1.82) is 0 Å². The number of nitrogens with zero attached hydrogens (tertiary/aromatic N) is 1. The summed E-state index contributed by atoms with van der Waals surface area (Å²) >= 11 is 0. The number of hydrogen-bond donors (Lipinski definition) is 0. The maximum Gasteiger partial charge on any atom is 0.306 e. The molecule has 0 aromatic heterocycles. The van der Waals surface area contributed by atoms with Crippen LogP contribution in [0.3, 0.4) is 0 Å². The molecule has 0 amide bonds. The van der Waals surface area contributed by atoms with Gasteiger partial charge in [-0.15, -0.1) is 0 Å². The molecule has 0 aliphatic rings. The smallest absolute Gasteiger partial charge is 0.306 e. The van der Waals surface area contributed by atoms with Crippen molar-refractivity contribution in [3.05, 3.63) is 109 Å². The summed E-state index contributed by atoms with van der Waals surface area (Å²) < 4.78 is 22.7. The SMILES string of the molecule is CC/C=C\C/C=C\C/C=C\C/C=C\C/C=C\C/C=C\C/C=C\CCCC(=O)OC(COC(=O)CCCCCCCCCCCCCCCCCCCCCCCCCCC/C=C\C/C=C\CCCCCCC)COC(OCC[N+](C)(C)C)C(=O)[O-]. The van der Waals surface area contributed by atoms with Crippen molar-refractivity contribution in [2.24, 2.45) is 0 Å². The molecule has 0 fully saturated rings. The Labute approximate surface area is 524 Å². The number of hydrogen-bond acceptors (Lipinski definition) is 8. The Morgan fingerprint density at radius 1 is 0.365 bits per heavy atom. The molecule has 0 spiro atoms. The van der Waals surface area contributed by atoms with Crippen molar-refractivity contribution in [2.75, 3.05) is 47.5 Å². The average Bonchev–Trinajstić information content (AvgIpc) is 3.49. The molecule has 0 aliphatic carbocycles. The van der Waals surface area contributed by atoms with E-state index in [0.29, 0.717) is 23.9 Å². The van der Waals surface area contributed by atoms with Gasteiger partial charge in [0.15, 0.2) is 12.4 Å². The zero-order valence-corrected chi connectivity index (χ0v) is 55.7. The Morgan fingerprint density at radius 3 is 1.04 bits per heavy atom. The van der Waals surface area contributed by atoms with Gasteiger partial charge in [-0.1, -0.05) is 297 Å². The van der Waals surface area contributed by atoms with Crippen LogP contribution in [0.25, 0.3) is 0 Å². The topological polar surface area (TPSA) is 111 Å². The third-order valence-corrected chi connectivity index (χ3v) is 15.0. The van der Waals surface area contributed by atoms with Gasteiger partial charge in [0.1, 0.15) is 13.2 Å². The number of carbonyl (C=O) groups is 3. The summed E-state index contributed by atoms with van der Waals surface area (Å²) in [6, 6.07) is 0. The largest absolute Gasteiger partial charge is 0.545 e. The van der Waals surface area contributed by atoms with Gasteiger partial charge in [0.25, 0.3) is 0 Å². The van der Waals surface area contributed by atoms with E-state index in [0.717, 1.165) is 70.6 Å². The molecular formula is C76H131NO8. The fourth-order valence-corrected chi connectivity index (χ4v) is 9.68. The number of allylic oxidation sites excluding steroid dienone is 18. The van der Waals surface area contributed by atoms with Gasteiger partial charge in [-0.2, -0.15) is 0 Å². The van der Waals surface area contributed by atoms with Crippen LogP contribution >= 0.6 is 0 Å². The predicted octanol–water partition coefficient (Wildman–Crippen LogP) is 20.5. The molecule has 0 N–H and O–H groups in total. The number of likely N-dealkylation sites (N-methyl/N-ethyl adjacent to an activating group) is 1. The first-order valence-electron chi connectivity index (χ1n) is 35.0. The van der Waals surface area contributed by atoms with Gasteiger partial charge in [0.05, 0.1) is 40.3 Å². The van der Waals surface area contributed by atoms with Crippen molar-refractivity contribution in [3.63, 3.8) is 0 Å². The van der Waals surface area contributed by atoms with Gasteiger partial charge in [0, 0.05) is 12.8 Å². The van der Waals surface area contributed by atoms with Crippen molar-refractivity contribution in [3.8, 4) is 0 Å². The summed E-state index contributed by atoms with van der Waals surface area (Å²) in [7, 11) is 5.91. The lowest BCUT2D eigenvalue weighted by Gasteiger charge is -2.26. The second-order valence-corrected chi connectivity index (χ2v) is 24.4. The first kappa shape index (κ1) is 81.0. The summed E-state index contributed by atoms with van der Waals surface area (Å²) in [5.41, 5.74) is 0. The number of carboxylic acids is 1. The number of aliphatic carboxylic acids is 1. The van der Waals surface area contributed by atoms with Crippen LogP contribution in [0.2, 0.25) is 0 Å². The van der Waals surface area contributed by atoms with Crippen LogP contribution in [0.4, 0.5) is 0 Å². The molecule has 9 heteroatoms. The number of esters is 2. The van der Waals surface area contributed by atoms with E-state index in [-0.39, 0.29) is 38.6 Å². The molecule has 0 aliphatic heterocycles. The monoisotopic (exact) mass is 1190 g/mol. The van der Waals surface area contributed by atoms with E-state index in [1.54, 1.807) is 0 Å². The fraction of sp³-hybridized carbons (Fsp3) is 0.724. The van der Waals surface area contributed by atoms with Crippen molar-refractivity contribution in [1.82, 2.24) is 0 Å². The fourth-order valence-electron chi connectivity index (χ4n) is 9.68. The Balaban J connectivity index is 4.10. The summed E-state index contributed by atoms with van der Waals surface area (Å²) in [6.45, 7) is 4.57. The van der Waals surface area contributed by atoms with Gasteiger partial charge in [-0.25, -0.2) is 0 Å². The second-order valence-electron chi connectivity index (χ2n) is 24.4. The molecule has 0 radical (unpaired) electrons. The van der Waals surface area contributed by atoms with Crippen LogP contribution in [0.1, 0.15) is 296 Å². The van der Waals surface area contributed by atoms with Crippen molar-refractivity contribution < 1.29 is 42.9 Å². The molecule has 0 bridgehead atoms. The maximum atomic E-state index is 12.9. The average molecular weight is 1190 g/mol. The van der Waals surface area contributed by atoms with E-state index in [1.165, 1.54) is 186 Å². The molecular weight excluding hydrogens is 1050 g/mol. The minimum absolute atomic E-state index is 0.133. The van der Waals surface area contributed by atoms with E-state index >= 15 is 0 Å². The van der Waals surface area contributed by atoms with Crippen molar-refractivity contribution in [2.45, 2.75) is 309 Å². The van der Waals surface area contributed by atoms with Gasteiger partial charge in [-0.05, 0) is 96.3 Å². The number of unbranched alkanes of at least 4 members (excludes halogenated alkanes) is 31. The zero-order valence-electron chi connectivity index (χ0n) is 55.7. The van der Waals surface area contributed by atoms with Crippen LogP contribution in [0.15, 0.2) is 109 Å². The minimum atomic E-state index is -1.64. The molecule has 0 heterocycles. The second kappa shape index (κ2) is 65.9. The van der Waals surface area contributed by atoms with Gasteiger partial charge in [0.2, 0.25) is 0 Å². The zero-order chi connectivity index (χ0) is 61.9. The standard InChI is InChI=1S/C76H131NO8/c1-6-8-10-12-14-16-18-20-22-24-26-28-30-31-32-33-34-35-36-37-38-39-40-41-42-43-45-46-48-50-52-54-56-58-60-62-64-66-73(78)83-70-72(71-84-76(75(80)81)82-69-68-77(3,4)5)85-74(79)67-65-63-61-59-57-55-53-51-49-47-44-29-27-25-23-21-19-17-15-13-11-9-7-2/h9,11,15,17-18,20-21,23-24,26-27,29,47,49,53,55,59,61,72,76H,6-8,10,12-14,16,19,22,25,28,30-46,48,50-52,54,56-58,60,62-71H2,1-5H3/b11-9-,17-15-,20-18-,23-21-,26-24-,29-27-,49-47-,55-53-,61-59-. The first-order valence-corrected chi connectivity index (χ1v) is 35.0. The maximum absolute atomic E-state index is 12.9. The molecule has 0 rings (SSSR count). The van der Waals surface area contributed by atoms with E-state index in [1.807, 2.05) is 21.1 Å². The summed E-state index contributed by atoms with van der Waals surface area (Å²) in [5.74, 6) is -2.36. The Morgan fingerprint density at radius 2 is 0.682 bits per heavy atom. The highest BCUT2D eigenvalue weighted by Crippen LogP contribution is 2.17. The van der Waals surface area contributed by atoms with E-state index in [4.69, 9.17) is 18.9 Å². The van der Waals surface area contributed by atoms with Crippen LogP contribution < -0.4 is 5.11 Å². The molecule has 0 saturated carbocycles. The van der Waals surface area contributed by atoms with Crippen LogP contribution in [-0.2, 0) is 33.3 Å². The Kier molecular flexibility index (Phi) is 62.8. The summed E-state index contributed by atoms with van der Waals surface area (Å²) in [6.07, 6.45) is 89.1. The highest BCUT2D eigenvalue weighted by molar-refractivity contribution is 5.70. The molecule has 0 saturated heterocycles. The third kappa shape index (κ3) is 67.3. The highest BCUT2D eigenvalue weighted by Gasteiger charge is 2.22. The van der Waals surface area contributed by atoms with Gasteiger partial charge >= 0.3 is 11.9 Å².